The van der Waals surface area contributed by atoms with E-state index in [0.29, 0.717) is 15.6 Å². The molecule has 1 unspecified atom stereocenters. The molecule has 2 rings (SSSR count). The van der Waals surface area contributed by atoms with Crippen LogP contribution in [0, 0.1) is 5.82 Å². The van der Waals surface area contributed by atoms with Crippen LogP contribution in [0.25, 0.3) is 0 Å². The van der Waals surface area contributed by atoms with E-state index in [1.165, 1.54) is 30.5 Å². The van der Waals surface area contributed by atoms with E-state index in [2.05, 4.69) is 31.8 Å². The number of hydrogen-bond acceptors (Lipinski definition) is 3. The minimum atomic E-state index is -0.769. The number of halogens is 2. The fraction of sp³-hybridized carbons (Fsp3) is 0.118. The van der Waals surface area contributed by atoms with Crippen molar-refractivity contribution >= 4 is 34.0 Å². The number of nitrogens with one attached hydrogen (secondary N) is 2. The molecule has 7 heteroatoms. The predicted octanol–water partition coefficient (Wildman–Crippen LogP) is 2.86. The molecule has 1 atom stereocenters. The van der Waals surface area contributed by atoms with E-state index >= 15 is 0 Å². The van der Waals surface area contributed by atoms with E-state index in [1.807, 2.05) is 0 Å². The molecule has 0 bridgehead atoms. The summed E-state index contributed by atoms with van der Waals surface area (Å²) in [5, 5.41) is 6.37. The van der Waals surface area contributed by atoms with Crippen molar-refractivity contribution in [3.63, 3.8) is 0 Å². The second-order valence-corrected chi connectivity index (χ2v) is 5.82. The van der Waals surface area contributed by atoms with Crippen molar-refractivity contribution in [3.05, 3.63) is 69.9 Å². The lowest BCUT2D eigenvalue weighted by molar-refractivity contribution is -0.122. The van der Waals surface area contributed by atoms with Gasteiger partial charge in [0.25, 0.3) is 11.8 Å². The first-order valence-corrected chi connectivity index (χ1v) is 7.90. The molecular formula is C17H15BrFN3O2. The van der Waals surface area contributed by atoms with E-state index in [1.54, 1.807) is 31.2 Å². The molecule has 0 saturated heterocycles. The fourth-order valence-corrected chi connectivity index (χ4v) is 2.27. The molecule has 124 valence electrons. The summed E-state index contributed by atoms with van der Waals surface area (Å²) < 4.78 is 13.4. The summed E-state index contributed by atoms with van der Waals surface area (Å²) in [4.78, 5) is 24.0. The maximum absolute atomic E-state index is 12.8. The summed E-state index contributed by atoms with van der Waals surface area (Å²) in [7, 11) is 0. The Morgan fingerprint density at radius 3 is 2.50 bits per heavy atom. The SMILES string of the molecule is CC(NC(=O)c1ccccc1Br)C(=O)NN=Cc1ccc(F)cc1. The predicted molar refractivity (Wildman–Crippen MR) is 93.2 cm³/mol. The van der Waals surface area contributed by atoms with Crippen molar-refractivity contribution in [2.75, 3.05) is 0 Å². The van der Waals surface area contributed by atoms with Crippen molar-refractivity contribution in [3.8, 4) is 0 Å². The average Bonchev–Trinajstić information content (AvgIpc) is 2.56. The Labute approximate surface area is 147 Å². The van der Waals surface area contributed by atoms with Gasteiger partial charge in [0.1, 0.15) is 11.9 Å². The van der Waals surface area contributed by atoms with Crippen LogP contribution in [0.4, 0.5) is 4.39 Å². The van der Waals surface area contributed by atoms with E-state index in [4.69, 9.17) is 0 Å². The Bertz CT molecular complexity index is 763. The Hall–Kier alpha value is -2.54. The summed E-state index contributed by atoms with van der Waals surface area (Å²) in [6.45, 7) is 1.55. The van der Waals surface area contributed by atoms with Crippen LogP contribution in [-0.2, 0) is 4.79 Å². The molecule has 2 aromatic rings. The van der Waals surface area contributed by atoms with Crippen LogP contribution >= 0.6 is 15.9 Å². The van der Waals surface area contributed by atoms with Crippen molar-refractivity contribution in [1.82, 2.24) is 10.7 Å². The molecule has 2 amide bonds. The summed E-state index contributed by atoms with van der Waals surface area (Å²) in [6, 6.07) is 11.8. The van der Waals surface area contributed by atoms with Gasteiger partial charge in [0.05, 0.1) is 11.8 Å². The molecule has 0 heterocycles. The highest BCUT2D eigenvalue weighted by molar-refractivity contribution is 9.10. The quantitative estimate of drug-likeness (QED) is 0.607. The van der Waals surface area contributed by atoms with Crippen LogP contribution in [0.2, 0.25) is 0 Å². The highest BCUT2D eigenvalue weighted by Crippen LogP contribution is 2.15. The van der Waals surface area contributed by atoms with E-state index in [0.717, 1.165) is 0 Å². The Morgan fingerprint density at radius 1 is 1.17 bits per heavy atom. The molecule has 0 aromatic heterocycles. The monoisotopic (exact) mass is 391 g/mol. The number of benzene rings is 2. The Kier molecular flexibility index (Phi) is 6.20. The smallest absolute Gasteiger partial charge is 0.262 e. The van der Waals surface area contributed by atoms with Crippen LogP contribution in [0.15, 0.2) is 58.1 Å². The topological polar surface area (TPSA) is 70.6 Å². The molecule has 24 heavy (non-hydrogen) atoms. The normalized spacial score (nSPS) is 12.0. The molecular weight excluding hydrogens is 377 g/mol. The number of nitrogens with zero attached hydrogens (tertiary/aromatic N) is 1. The molecule has 2 N–H and O–H groups in total. The minimum Gasteiger partial charge on any atom is -0.340 e. The van der Waals surface area contributed by atoms with Gasteiger partial charge in [-0.15, -0.1) is 0 Å². The lowest BCUT2D eigenvalue weighted by atomic mass is 10.2. The summed E-state index contributed by atoms with van der Waals surface area (Å²) in [5.41, 5.74) is 3.40. The van der Waals surface area contributed by atoms with Gasteiger partial charge in [-0.3, -0.25) is 9.59 Å². The van der Waals surface area contributed by atoms with Gasteiger partial charge >= 0.3 is 0 Å². The zero-order chi connectivity index (χ0) is 17.5. The zero-order valence-electron chi connectivity index (χ0n) is 12.8. The maximum Gasteiger partial charge on any atom is 0.262 e. The number of hydrazone groups is 1. The van der Waals surface area contributed by atoms with Gasteiger partial charge < -0.3 is 5.32 Å². The first-order chi connectivity index (χ1) is 11.5. The highest BCUT2D eigenvalue weighted by Gasteiger charge is 2.17. The Morgan fingerprint density at radius 2 is 1.83 bits per heavy atom. The molecule has 0 aliphatic heterocycles. The van der Waals surface area contributed by atoms with E-state index in [-0.39, 0.29) is 11.7 Å². The van der Waals surface area contributed by atoms with Crippen LogP contribution in [0.5, 0.6) is 0 Å². The van der Waals surface area contributed by atoms with Gasteiger partial charge in [-0.05, 0) is 52.7 Å². The van der Waals surface area contributed by atoms with Gasteiger partial charge in [0, 0.05) is 4.47 Å². The van der Waals surface area contributed by atoms with Gasteiger partial charge in [-0.1, -0.05) is 24.3 Å². The number of carbonyl (C=O) groups is 2. The maximum atomic E-state index is 12.8. The number of rotatable bonds is 5. The molecule has 0 aliphatic rings. The van der Waals surface area contributed by atoms with Gasteiger partial charge in [0.2, 0.25) is 0 Å². The van der Waals surface area contributed by atoms with Crippen LogP contribution < -0.4 is 10.7 Å². The second kappa shape index (κ2) is 8.35. The fourth-order valence-electron chi connectivity index (χ4n) is 1.80. The van der Waals surface area contributed by atoms with Crippen molar-refractivity contribution in [1.29, 1.82) is 0 Å². The standard InChI is InChI=1S/C17H15BrFN3O2/c1-11(21-17(24)14-4-2-3-5-15(14)18)16(23)22-20-10-12-6-8-13(19)9-7-12/h2-11H,1H3,(H,21,24)(H,22,23). The summed E-state index contributed by atoms with van der Waals surface area (Å²) >= 11 is 3.29. The second-order valence-electron chi connectivity index (χ2n) is 4.96. The zero-order valence-corrected chi connectivity index (χ0v) is 14.4. The van der Waals surface area contributed by atoms with Crippen LogP contribution in [0.3, 0.4) is 0 Å². The number of hydrogen-bond donors (Lipinski definition) is 2. The third kappa shape index (κ3) is 4.99. The van der Waals surface area contributed by atoms with Gasteiger partial charge in [0.15, 0.2) is 0 Å². The average molecular weight is 392 g/mol. The van der Waals surface area contributed by atoms with Crippen molar-refractivity contribution in [2.45, 2.75) is 13.0 Å². The van der Waals surface area contributed by atoms with Crippen LogP contribution in [0.1, 0.15) is 22.8 Å². The van der Waals surface area contributed by atoms with Gasteiger partial charge in [-0.2, -0.15) is 5.10 Å². The summed E-state index contributed by atoms with van der Waals surface area (Å²) in [5.74, 6) is -1.18. The summed E-state index contributed by atoms with van der Waals surface area (Å²) in [6.07, 6.45) is 1.39. The van der Waals surface area contributed by atoms with Crippen molar-refractivity contribution < 1.29 is 14.0 Å². The molecule has 0 radical (unpaired) electrons. The third-order valence-corrected chi connectivity index (χ3v) is 3.81. The molecule has 0 saturated carbocycles. The first kappa shape index (κ1) is 17.8. The van der Waals surface area contributed by atoms with Gasteiger partial charge in [-0.25, -0.2) is 9.82 Å². The largest absolute Gasteiger partial charge is 0.340 e. The Balaban J connectivity index is 1.89. The lowest BCUT2D eigenvalue weighted by Gasteiger charge is -2.12. The minimum absolute atomic E-state index is 0.348. The number of amides is 2. The van der Waals surface area contributed by atoms with Crippen molar-refractivity contribution in [2.24, 2.45) is 5.10 Å². The highest BCUT2D eigenvalue weighted by atomic mass is 79.9. The molecule has 0 fully saturated rings. The number of carbonyl (C=O) groups excluding carboxylic acids is 2. The van der Waals surface area contributed by atoms with Crippen LogP contribution in [-0.4, -0.2) is 24.1 Å². The lowest BCUT2D eigenvalue weighted by Crippen LogP contribution is -2.43. The molecule has 2 aromatic carbocycles. The van der Waals surface area contributed by atoms with E-state index < -0.39 is 11.9 Å². The molecule has 5 nitrogen and oxygen atoms in total. The first-order valence-electron chi connectivity index (χ1n) is 7.11. The van der Waals surface area contributed by atoms with E-state index in [9.17, 15) is 14.0 Å². The molecule has 0 aliphatic carbocycles. The molecule has 0 spiro atoms. The third-order valence-electron chi connectivity index (χ3n) is 3.12.